The average Bonchev–Trinajstić information content (AvgIpc) is 3.09. The Bertz CT molecular complexity index is 1140. The molecule has 0 aromatic heterocycles. The van der Waals surface area contributed by atoms with Crippen LogP contribution in [0.15, 0.2) is 41.3 Å². The highest BCUT2D eigenvalue weighted by Crippen LogP contribution is 2.28. The molecule has 13 nitrogen and oxygen atoms in total. The fourth-order valence-corrected chi connectivity index (χ4v) is 3.68. The number of hydrazine groups is 1. The van der Waals surface area contributed by atoms with E-state index in [9.17, 15) is 23.2 Å². The molecular weight excluding hydrogens is 511 g/mol. The summed E-state index contributed by atoms with van der Waals surface area (Å²) in [4.78, 5) is 42.6. The predicted octanol–water partition coefficient (Wildman–Crippen LogP) is 0.0288. The summed E-state index contributed by atoms with van der Waals surface area (Å²) in [5.74, 6) is -1.91. The summed E-state index contributed by atoms with van der Waals surface area (Å²) < 4.78 is 44.9. The van der Waals surface area contributed by atoms with Crippen molar-refractivity contribution in [3.63, 3.8) is 0 Å². The quantitative estimate of drug-likeness (QED) is 0.193. The predicted molar refractivity (Wildman–Crippen MR) is 132 cm³/mol. The van der Waals surface area contributed by atoms with Gasteiger partial charge in [0.2, 0.25) is 5.96 Å². The van der Waals surface area contributed by atoms with E-state index in [0.717, 1.165) is 11.0 Å². The lowest BCUT2D eigenvalue weighted by Gasteiger charge is -2.24. The number of halogens is 3. The van der Waals surface area contributed by atoms with Crippen LogP contribution in [0.5, 0.6) is 0 Å². The molecule has 0 saturated carbocycles. The molecule has 2 saturated heterocycles. The molecule has 2 aliphatic rings. The van der Waals surface area contributed by atoms with E-state index in [1.807, 2.05) is 5.32 Å². The molecule has 6 N–H and O–H groups in total. The van der Waals surface area contributed by atoms with E-state index in [0.29, 0.717) is 13.1 Å². The molecule has 2 heterocycles. The third kappa shape index (κ3) is 7.08. The first-order valence-electron chi connectivity index (χ1n) is 11.4. The zero-order chi connectivity index (χ0) is 27.8. The van der Waals surface area contributed by atoms with Gasteiger partial charge in [0.15, 0.2) is 0 Å². The minimum atomic E-state index is -3.18. The highest BCUT2D eigenvalue weighted by Gasteiger charge is 2.33. The summed E-state index contributed by atoms with van der Waals surface area (Å²) in [6.07, 6.45) is -4.83. The number of alkyl halides is 2. The fourth-order valence-electron chi connectivity index (χ4n) is 3.68. The van der Waals surface area contributed by atoms with Gasteiger partial charge < -0.3 is 26.0 Å². The van der Waals surface area contributed by atoms with Crippen molar-refractivity contribution < 1.29 is 32.3 Å². The summed E-state index contributed by atoms with van der Waals surface area (Å²) in [6.45, 7) is 4.22. The highest BCUT2D eigenvalue weighted by molar-refractivity contribution is 5.96. The Hall–Kier alpha value is -4.43. The number of cyclic esters (lactones) is 1. The molecule has 206 valence electrons. The standard InChI is InChI=1S/C22H28F3N9O4/c1-3-17(26)30-20(27-2)31-21(36)34-9-8-32(7-6-29-34)16-5-4-13(10-15(16)23)33-12-14(38-22(33)37)11-28-19(35)18(24)25/h4-5,10,14,18,29H,1,6-9,11-12,26H2,2H3,(H,28,35)(H2,27,30,31,36)/t14-/m0/s1. The fraction of sp³-hybridized carbons (Fsp3) is 0.409. The number of rotatable bonds is 6. The molecular formula is C22H28F3N9O4. The molecule has 0 bridgehead atoms. The molecule has 0 radical (unpaired) electrons. The number of benzene rings is 1. The van der Waals surface area contributed by atoms with Crippen molar-refractivity contribution in [2.75, 3.05) is 56.1 Å². The number of carbonyl (C=O) groups excluding carboxylic acids is 3. The van der Waals surface area contributed by atoms with Crippen molar-refractivity contribution in [2.24, 2.45) is 10.7 Å². The van der Waals surface area contributed by atoms with Crippen LogP contribution in [-0.4, -0.2) is 87.8 Å². The molecule has 3 rings (SSSR count). The van der Waals surface area contributed by atoms with Crippen molar-refractivity contribution in [3.8, 4) is 0 Å². The lowest BCUT2D eigenvalue weighted by molar-refractivity contribution is -0.132. The first-order valence-corrected chi connectivity index (χ1v) is 11.4. The van der Waals surface area contributed by atoms with Gasteiger partial charge in [-0.3, -0.25) is 25.0 Å². The van der Waals surface area contributed by atoms with Crippen LogP contribution in [0.3, 0.4) is 0 Å². The maximum absolute atomic E-state index is 15.1. The van der Waals surface area contributed by atoms with E-state index >= 15 is 4.39 Å². The number of aliphatic imine (C=N–C) groups is 1. The third-order valence-electron chi connectivity index (χ3n) is 5.58. The largest absolute Gasteiger partial charge is 0.442 e. The number of anilines is 2. The van der Waals surface area contributed by atoms with Gasteiger partial charge in [0.25, 0.3) is 5.91 Å². The van der Waals surface area contributed by atoms with E-state index in [1.165, 1.54) is 24.2 Å². The van der Waals surface area contributed by atoms with Gasteiger partial charge in [0, 0.05) is 26.7 Å². The molecule has 16 heteroatoms. The summed E-state index contributed by atoms with van der Waals surface area (Å²) in [7, 11) is 1.45. The minimum absolute atomic E-state index is 0.0506. The number of urea groups is 1. The van der Waals surface area contributed by atoms with Crippen LogP contribution < -0.4 is 36.9 Å². The van der Waals surface area contributed by atoms with Gasteiger partial charge in [-0.05, 0) is 18.2 Å². The van der Waals surface area contributed by atoms with Gasteiger partial charge in [0.1, 0.15) is 17.7 Å². The minimum Gasteiger partial charge on any atom is -0.442 e. The Morgan fingerprint density at radius 2 is 2.08 bits per heavy atom. The van der Waals surface area contributed by atoms with Crippen LogP contribution in [-0.2, 0) is 9.53 Å². The van der Waals surface area contributed by atoms with E-state index in [-0.39, 0.29) is 49.3 Å². The smallest absolute Gasteiger partial charge is 0.414 e. The number of guanidine groups is 1. The number of amides is 4. The highest BCUT2D eigenvalue weighted by atomic mass is 19.3. The molecule has 1 aromatic rings. The van der Waals surface area contributed by atoms with Crippen molar-refractivity contribution in [3.05, 3.63) is 42.1 Å². The zero-order valence-electron chi connectivity index (χ0n) is 20.5. The summed E-state index contributed by atoms with van der Waals surface area (Å²) in [5, 5.41) is 8.50. The lowest BCUT2D eigenvalue weighted by atomic mass is 10.2. The maximum Gasteiger partial charge on any atom is 0.414 e. The molecule has 2 fully saturated rings. The van der Waals surface area contributed by atoms with Crippen LogP contribution in [0.25, 0.3) is 0 Å². The molecule has 1 atom stereocenters. The first-order chi connectivity index (χ1) is 18.1. The van der Waals surface area contributed by atoms with Crippen molar-refractivity contribution in [1.29, 1.82) is 0 Å². The second kappa shape index (κ2) is 12.7. The van der Waals surface area contributed by atoms with Gasteiger partial charge in [0.05, 0.1) is 31.0 Å². The molecule has 0 spiro atoms. The van der Waals surface area contributed by atoms with Crippen LogP contribution >= 0.6 is 0 Å². The van der Waals surface area contributed by atoms with Crippen LogP contribution in [0.4, 0.5) is 34.1 Å². The summed E-state index contributed by atoms with van der Waals surface area (Å²) >= 11 is 0. The number of ether oxygens (including phenoxy) is 1. The van der Waals surface area contributed by atoms with Gasteiger partial charge in [-0.2, -0.15) is 8.78 Å². The van der Waals surface area contributed by atoms with E-state index < -0.39 is 36.4 Å². The zero-order valence-corrected chi connectivity index (χ0v) is 20.5. The van der Waals surface area contributed by atoms with Gasteiger partial charge in [-0.1, -0.05) is 12.3 Å². The van der Waals surface area contributed by atoms with Gasteiger partial charge in [-0.15, -0.1) is 0 Å². The topological polar surface area (TPSA) is 157 Å². The van der Waals surface area contributed by atoms with E-state index in [4.69, 9.17) is 10.5 Å². The summed E-state index contributed by atoms with van der Waals surface area (Å²) in [5.41, 5.74) is 11.4. The van der Waals surface area contributed by atoms with Crippen LogP contribution in [0, 0.1) is 5.82 Å². The number of hydrogen-bond acceptors (Lipinski definition) is 8. The molecule has 1 aromatic carbocycles. The van der Waals surface area contributed by atoms with Crippen LogP contribution in [0.1, 0.15) is 0 Å². The molecule has 38 heavy (non-hydrogen) atoms. The molecule has 4 amide bonds. The lowest BCUT2D eigenvalue weighted by Crippen LogP contribution is -2.53. The van der Waals surface area contributed by atoms with E-state index in [1.54, 1.807) is 4.90 Å². The number of carbonyl (C=O) groups is 3. The molecule has 0 unspecified atom stereocenters. The Morgan fingerprint density at radius 1 is 1.32 bits per heavy atom. The first kappa shape index (κ1) is 28.1. The van der Waals surface area contributed by atoms with Crippen molar-refractivity contribution >= 4 is 35.4 Å². The SMILES string of the molecule is C=C=C(N)NC(=NC)NC(=O)N1CCN(c2ccc(N3C[C@H](CNC(=O)C(F)F)OC3=O)cc2F)CCN1. The monoisotopic (exact) mass is 539 g/mol. The van der Waals surface area contributed by atoms with Crippen LogP contribution in [0.2, 0.25) is 0 Å². The van der Waals surface area contributed by atoms with Gasteiger partial charge >= 0.3 is 18.5 Å². The second-order valence-corrected chi connectivity index (χ2v) is 8.06. The second-order valence-electron chi connectivity index (χ2n) is 8.06. The Balaban J connectivity index is 1.59. The molecule has 2 aliphatic heterocycles. The number of nitrogens with one attached hydrogen (secondary N) is 4. The third-order valence-corrected chi connectivity index (χ3v) is 5.58. The number of nitrogens with zero attached hydrogens (tertiary/aromatic N) is 4. The summed E-state index contributed by atoms with van der Waals surface area (Å²) in [6, 6.07) is 3.66. The van der Waals surface area contributed by atoms with Crippen molar-refractivity contribution in [2.45, 2.75) is 12.5 Å². The number of hydrogen-bond donors (Lipinski definition) is 5. The Labute approximate surface area is 216 Å². The molecule has 0 aliphatic carbocycles. The Kier molecular flexibility index (Phi) is 9.40. The average molecular weight is 540 g/mol. The van der Waals surface area contributed by atoms with Crippen molar-refractivity contribution in [1.82, 2.24) is 26.4 Å². The normalized spacial score (nSPS) is 18.0. The maximum atomic E-state index is 15.1. The van der Waals surface area contributed by atoms with Gasteiger partial charge in [-0.25, -0.2) is 19.4 Å². The Morgan fingerprint density at radius 3 is 2.74 bits per heavy atom. The van der Waals surface area contributed by atoms with E-state index in [2.05, 4.69) is 33.4 Å². The number of nitrogens with two attached hydrogens (primary N) is 1.